The first kappa shape index (κ1) is 18.4. The molecule has 0 fully saturated rings. The van der Waals surface area contributed by atoms with Crippen molar-refractivity contribution in [1.82, 2.24) is 0 Å². The molecular weight excluding hydrogens is 401 g/mol. The van der Waals surface area contributed by atoms with Crippen LogP contribution in [0.4, 0.5) is 5.69 Å². The Morgan fingerprint density at radius 2 is 1.85 bits per heavy atom. The molecule has 0 aliphatic carbocycles. The summed E-state index contributed by atoms with van der Waals surface area (Å²) in [5.41, 5.74) is 2.77. The standard InChI is InChI=1S/C22H16Cl3NO/c1-13(23)12-26-19-10-9-14-5-2-3-6-15(14)21(19)17(11-20(26)27)16-7-4-8-18(24)22(16)25/h2-10,17H,1,11-12H2. The molecular formula is C22H16Cl3NO. The minimum atomic E-state index is -0.176. The maximum Gasteiger partial charge on any atom is 0.228 e. The summed E-state index contributed by atoms with van der Waals surface area (Å²) in [6.07, 6.45) is 0.297. The molecule has 0 saturated carbocycles. The van der Waals surface area contributed by atoms with E-state index in [0.29, 0.717) is 21.5 Å². The molecule has 4 rings (SSSR count). The van der Waals surface area contributed by atoms with Gasteiger partial charge in [0.25, 0.3) is 0 Å². The Bertz CT molecular complexity index is 1080. The monoisotopic (exact) mass is 415 g/mol. The molecule has 0 N–H and O–H groups in total. The molecule has 1 atom stereocenters. The lowest BCUT2D eigenvalue weighted by Gasteiger charge is -2.35. The third kappa shape index (κ3) is 3.23. The van der Waals surface area contributed by atoms with Gasteiger partial charge in [-0.05, 0) is 34.0 Å². The lowest BCUT2D eigenvalue weighted by Crippen LogP contribution is -2.38. The Balaban J connectivity index is 2.00. The molecule has 0 saturated heterocycles. The van der Waals surface area contributed by atoms with Crippen molar-refractivity contribution in [3.8, 4) is 0 Å². The fraction of sp³-hybridized carbons (Fsp3) is 0.136. The predicted octanol–water partition coefficient (Wildman–Crippen LogP) is 6.77. The van der Waals surface area contributed by atoms with Crippen molar-refractivity contribution < 1.29 is 4.79 Å². The van der Waals surface area contributed by atoms with Crippen LogP contribution in [-0.4, -0.2) is 12.5 Å². The van der Waals surface area contributed by atoms with Crippen LogP contribution in [0.15, 0.2) is 66.2 Å². The van der Waals surface area contributed by atoms with Gasteiger partial charge in [-0.1, -0.05) is 83.8 Å². The van der Waals surface area contributed by atoms with Gasteiger partial charge < -0.3 is 4.90 Å². The summed E-state index contributed by atoms with van der Waals surface area (Å²) < 4.78 is 0. The first-order valence-electron chi connectivity index (χ1n) is 8.56. The number of halogens is 3. The zero-order chi connectivity index (χ0) is 19.1. The number of benzene rings is 3. The maximum atomic E-state index is 13.0. The Labute approximate surface area is 172 Å². The molecule has 136 valence electrons. The normalized spacial score (nSPS) is 16.5. The molecule has 1 unspecified atom stereocenters. The molecule has 0 spiro atoms. The van der Waals surface area contributed by atoms with Crippen LogP contribution in [0.5, 0.6) is 0 Å². The highest BCUT2D eigenvalue weighted by Gasteiger charge is 2.34. The van der Waals surface area contributed by atoms with Crippen LogP contribution >= 0.6 is 34.8 Å². The van der Waals surface area contributed by atoms with Gasteiger partial charge in [0.05, 0.1) is 16.6 Å². The van der Waals surface area contributed by atoms with Gasteiger partial charge in [-0.15, -0.1) is 0 Å². The van der Waals surface area contributed by atoms with E-state index in [-0.39, 0.29) is 18.4 Å². The van der Waals surface area contributed by atoms with Gasteiger partial charge >= 0.3 is 0 Å². The number of carbonyl (C=O) groups excluding carboxylic acids is 1. The van der Waals surface area contributed by atoms with E-state index in [1.165, 1.54) is 0 Å². The second-order valence-electron chi connectivity index (χ2n) is 6.62. The largest absolute Gasteiger partial charge is 0.307 e. The first-order chi connectivity index (χ1) is 13.0. The molecule has 0 radical (unpaired) electrons. The Morgan fingerprint density at radius 1 is 1.07 bits per heavy atom. The fourth-order valence-corrected chi connectivity index (χ4v) is 4.37. The van der Waals surface area contributed by atoms with Gasteiger partial charge in [0.1, 0.15) is 0 Å². The van der Waals surface area contributed by atoms with Crippen LogP contribution < -0.4 is 4.90 Å². The minimum absolute atomic E-state index is 0.0133. The molecule has 27 heavy (non-hydrogen) atoms. The average Bonchev–Trinajstić information content (AvgIpc) is 2.65. The second kappa shape index (κ2) is 7.20. The van der Waals surface area contributed by atoms with E-state index in [2.05, 4.69) is 18.7 Å². The molecule has 1 aliphatic rings. The van der Waals surface area contributed by atoms with Crippen molar-refractivity contribution in [2.75, 3.05) is 11.4 Å². The Hall–Kier alpha value is -2.00. The molecule has 0 bridgehead atoms. The number of hydrogen-bond acceptors (Lipinski definition) is 1. The van der Waals surface area contributed by atoms with Gasteiger partial charge in [0, 0.05) is 23.1 Å². The van der Waals surface area contributed by atoms with Crippen LogP contribution in [0.1, 0.15) is 23.5 Å². The van der Waals surface area contributed by atoms with E-state index < -0.39 is 0 Å². The second-order valence-corrected chi connectivity index (χ2v) is 7.94. The lowest BCUT2D eigenvalue weighted by atomic mass is 9.81. The number of fused-ring (bicyclic) bond motifs is 3. The van der Waals surface area contributed by atoms with Gasteiger partial charge in [0.2, 0.25) is 5.91 Å². The average molecular weight is 417 g/mol. The molecule has 1 aliphatic heterocycles. The van der Waals surface area contributed by atoms with Crippen LogP contribution in [0, 0.1) is 0 Å². The summed E-state index contributed by atoms with van der Waals surface area (Å²) in [4.78, 5) is 14.7. The molecule has 3 aromatic rings. The molecule has 2 nitrogen and oxygen atoms in total. The smallest absolute Gasteiger partial charge is 0.228 e. The van der Waals surface area contributed by atoms with Crippen LogP contribution in [0.25, 0.3) is 10.8 Å². The summed E-state index contributed by atoms with van der Waals surface area (Å²) in [7, 11) is 0. The fourth-order valence-electron chi connectivity index (χ4n) is 3.81. The highest BCUT2D eigenvalue weighted by Crippen LogP contribution is 2.46. The number of nitrogens with zero attached hydrogens (tertiary/aromatic N) is 1. The first-order valence-corrected chi connectivity index (χ1v) is 9.70. The van der Waals surface area contributed by atoms with E-state index in [1.54, 1.807) is 11.0 Å². The van der Waals surface area contributed by atoms with E-state index in [0.717, 1.165) is 27.6 Å². The zero-order valence-corrected chi connectivity index (χ0v) is 16.7. The number of anilines is 1. The van der Waals surface area contributed by atoms with Crippen molar-refractivity contribution in [3.05, 3.63) is 87.4 Å². The SMILES string of the molecule is C=C(Cl)CN1C(=O)CC(c2cccc(Cl)c2Cl)c2c1ccc1ccccc21. The number of hydrogen-bond donors (Lipinski definition) is 0. The van der Waals surface area contributed by atoms with Gasteiger partial charge in [-0.25, -0.2) is 0 Å². The quantitative estimate of drug-likeness (QED) is 0.461. The predicted molar refractivity (Wildman–Crippen MR) is 114 cm³/mol. The van der Waals surface area contributed by atoms with Gasteiger partial charge in [-0.3, -0.25) is 4.79 Å². The van der Waals surface area contributed by atoms with Gasteiger partial charge in [-0.2, -0.15) is 0 Å². The molecule has 3 aromatic carbocycles. The van der Waals surface area contributed by atoms with Crippen molar-refractivity contribution >= 4 is 57.2 Å². The minimum Gasteiger partial charge on any atom is -0.307 e. The summed E-state index contributed by atoms with van der Waals surface area (Å²) in [5, 5.41) is 3.60. The third-order valence-electron chi connectivity index (χ3n) is 4.95. The van der Waals surface area contributed by atoms with E-state index >= 15 is 0 Å². The van der Waals surface area contributed by atoms with Crippen LogP contribution in [0.2, 0.25) is 10.0 Å². The summed E-state index contributed by atoms with van der Waals surface area (Å²) in [6.45, 7) is 4.03. The Morgan fingerprint density at radius 3 is 2.63 bits per heavy atom. The third-order valence-corrected chi connectivity index (χ3v) is 5.91. The molecule has 1 heterocycles. The molecule has 1 amide bonds. The lowest BCUT2D eigenvalue weighted by molar-refractivity contribution is -0.119. The summed E-state index contributed by atoms with van der Waals surface area (Å²) >= 11 is 18.8. The number of carbonyl (C=O) groups is 1. The van der Waals surface area contributed by atoms with Crippen molar-refractivity contribution in [1.29, 1.82) is 0 Å². The maximum absolute atomic E-state index is 13.0. The van der Waals surface area contributed by atoms with E-state index in [9.17, 15) is 4.79 Å². The Kier molecular flexibility index (Phi) is 4.90. The number of rotatable bonds is 3. The van der Waals surface area contributed by atoms with Gasteiger partial charge in [0.15, 0.2) is 0 Å². The summed E-state index contributed by atoms with van der Waals surface area (Å²) in [6, 6.07) is 17.7. The van der Waals surface area contributed by atoms with Crippen molar-refractivity contribution in [3.63, 3.8) is 0 Å². The van der Waals surface area contributed by atoms with E-state index in [1.807, 2.05) is 36.4 Å². The van der Waals surface area contributed by atoms with Crippen molar-refractivity contribution in [2.24, 2.45) is 0 Å². The molecule has 5 heteroatoms. The summed E-state index contributed by atoms with van der Waals surface area (Å²) in [5.74, 6) is -0.190. The van der Waals surface area contributed by atoms with Crippen molar-refractivity contribution in [2.45, 2.75) is 12.3 Å². The highest BCUT2D eigenvalue weighted by molar-refractivity contribution is 6.42. The van der Waals surface area contributed by atoms with E-state index in [4.69, 9.17) is 34.8 Å². The molecule has 0 aromatic heterocycles. The highest BCUT2D eigenvalue weighted by atomic mass is 35.5. The van der Waals surface area contributed by atoms with Crippen LogP contribution in [0.3, 0.4) is 0 Å². The topological polar surface area (TPSA) is 20.3 Å². The zero-order valence-electron chi connectivity index (χ0n) is 14.4. The number of amides is 1. The van der Waals surface area contributed by atoms with Crippen LogP contribution in [-0.2, 0) is 4.79 Å².